The first-order valence-corrected chi connectivity index (χ1v) is 7.86. The number of amides is 2. The van der Waals surface area contributed by atoms with E-state index in [4.69, 9.17) is 0 Å². The number of benzene rings is 1. The van der Waals surface area contributed by atoms with Crippen molar-refractivity contribution in [2.24, 2.45) is 0 Å². The smallest absolute Gasteiger partial charge is 0.234 e. The van der Waals surface area contributed by atoms with E-state index in [1.165, 1.54) is 11.3 Å². The van der Waals surface area contributed by atoms with Gasteiger partial charge in [-0.15, -0.1) is 11.3 Å². The third kappa shape index (κ3) is 2.53. The van der Waals surface area contributed by atoms with Gasteiger partial charge in [-0.25, -0.2) is 4.98 Å². The van der Waals surface area contributed by atoms with Crippen molar-refractivity contribution in [1.82, 2.24) is 10.3 Å². The van der Waals surface area contributed by atoms with Crippen molar-refractivity contribution in [3.05, 3.63) is 50.9 Å². The molecule has 1 aromatic carbocycles. The molecular weight excluding hydrogens is 340 g/mol. The van der Waals surface area contributed by atoms with Crippen LogP contribution < -0.4 is 5.32 Å². The summed E-state index contributed by atoms with van der Waals surface area (Å²) in [7, 11) is 0. The summed E-state index contributed by atoms with van der Waals surface area (Å²) in [5, 5.41) is 4.33. The fourth-order valence-corrected chi connectivity index (χ4v) is 3.57. The maximum absolute atomic E-state index is 12.3. The maximum Gasteiger partial charge on any atom is 0.234 e. The summed E-state index contributed by atoms with van der Waals surface area (Å²) in [6.45, 7) is 0. The lowest BCUT2D eigenvalue weighted by Gasteiger charge is -2.29. The van der Waals surface area contributed by atoms with E-state index in [1.807, 2.05) is 29.6 Å². The van der Waals surface area contributed by atoms with Crippen LogP contribution in [-0.2, 0) is 9.59 Å². The summed E-state index contributed by atoms with van der Waals surface area (Å²) in [6.07, 6.45) is 0.284. The van der Waals surface area contributed by atoms with E-state index in [0.29, 0.717) is 0 Å². The van der Waals surface area contributed by atoms with Crippen molar-refractivity contribution < 1.29 is 9.59 Å². The number of aromatic nitrogens is 1. The Hall–Kier alpha value is -1.53. The third-order valence-electron chi connectivity index (χ3n) is 3.39. The van der Waals surface area contributed by atoms with Gasteiger partial charge in [0.05, 0.1) is 17.1 Å². The molecule has 1 aliphatic heterocycles. The van der Waals surface area contributed by atoms with Gasteiger partial charge in [0, 0.05) is 22.2 Å². The van der Waals surface area contributed by atoms with Gasteiger partial charge in [-0.1, -0.05) is 28.1 Å². The molecule has 1 aliphatic rings. The summed E-state index contributed by atoms with van der Waals surface area (Å²) in [4.78, 5) is 28.2. The lowest BCUT2D eigenvalue weighted by Crippen LogP contribution is -2.43. The van der Waals surface area contributed by atoms with Crippen LogP contribution >= 0.6 is 27.3 Å². The fourth-order valence-electron chi connectivity index (χ4n) is 2.53. The quantitative estimate of drug-likeness (QED) is 0.847. The van der Waals surface area contributed by atoms with Gasteiger partial charge >= 0.3 is 0 Å². The Morgan fingerprint density at radius 2 is 2.20 bits per heavy atom. The molecule has 2 heterocycles. The van der Waals surface area contributed by atoms with Crippen LogP contribution in [0.3, 0.4) is 0 Å². The van der Waals surface area contributed by atoms with Crippen molar-refractivity contribution in [3.63, 3.8) is 0 Å². The minimum atomic E-state index is -0.382. The van der Waals surface area contributed by atoms with Crippen LogP contribution in [0, 0.1) is 0 Å². The van der Waals surface area contributed by atoms with Crippen LogP contribution in [-0.4, -0.2) is 16.8 Å². The number of halogens is 1. The zero-order valence-corrected chi connectivity index (χ0v) is 12.8. The second kappa shape index (κ2) is 5.46. The van der Waals surface area contributed by atoms with Crippen molar-refractivity contribution in [2.45, 2.75) is 18.3 Å². The van der Waals surface area contributed by atoms with E-state index in [2.05, 4.69) is 26.2 Å². The summed E-state index contributed by atoms with van der Waals surface area (Å²) >= 11 is 4.89. The monoisotopic (exact) mass is 350 g/mol. The molecule has 2 unspecified atom stereocenters. The highest BCUT2D eigenvalue weighted by Crippen LogP contribution is 2.38. The number of hydrogen-bond donors (Lipinski definition) is 1. The van der Waals surface area contributed by atoms with Gasteiger partial charge in [-0.2, -0.15) is 0 Å². The fraction of sp³-hybridized carbons (Fsp3) is 0.214. The van der Waals surface area contributed by atoms with Crippen molar-refractivity contribution in [1.29, 1.82) is 0 Å². The summed E-state index contributed by atoms with van der Waals surface area (Å²) in [5.41, 5.74) is 3.43. The molecule has 4 nitrogen and oxygen atoms in total. The van der Waals surface area contributed by atoms with Crippen LogP contribution in [0.1, 0.15) is 29.5 Å². The van der Waals surface area contributed by atoms with E-state index >= 15 is 0 Å². The zero-order valence-electron chi connectivity index (χ0n) is 10.4. The first-order valence-electron chi connectivity index (χ1n) is 6.12. The Labute approximate surface area is 128 Å². The van der Waals surface area contributed by atoms with Crippen LogP contribution in [0.25, 0.3) is 0 Å². The number of rotatable bonds is 2. The number of carbonyl (C=O) groups is 2. The largest absolute Gasteiger partial charge is 0.296 e. The molecule has 1 fully saturated rings. The van der Waals surface area contributed by atoms with Crippen molar-refractivity contribution in [2.75, 3.05) is 0 Å². The molecule has 2 amide bonds. The molecule has 0 bridgehead atoms. The van der Waals surface area contributed by atoms with Gasteiger partial charge in [0.2, 0.25) is 11.8 Å². The molecule has 0 saturated carbocycles. The van der Waals surface area contributed by atoms with Crippen molar-refractivity contribution in [3.8, 4) is 0 Å². The van der Waals surface area contributed by atoms with E-state index in [9.17, 15) is 9.59 Å². The van der Waals surface area contributed by atoms with E-state index in [0.717, 1.165) is 15.7 Å². The van der Waals surface area contributed by atoms with Gasteiger partial charge in [0.15, 0.2) is 0 Å². The second-order valence-corrected chi connectivity index (χ2v) is 6.30. The predicted octanol–water partition coefficient (Wildman–Crippen LogP) is 2.82. The molecule has 0 radical (unpaired) electrons. The van der Waals surface area contributed by atoms with Gasteiger partial charge in [0.25, 0.3) is 0 Å². The topological polar surface area (TPSA) is 59.1 Å². The number of piperidine rings is 1. The number of imide groups is 1. The normalized spacial score (nSPS) is 22.6. The minimum Gasteiger partial charge on any atom is -0.296 e. The number of thiazole rings is 1. The standard InChI is InChI=1S/C14H11BrN2O2S/c15-9-3-1-2-8(4-9)13-10(11-6-20-7-16-11)5-12(18)17-14(13)19/h1-4,6-7,10,13H,5H2,(H,17,18,19). The first-order chi connectivity index (χ1) is 9.65. The number of nitrogens with one attached hydrogen (secondary N) is 1. The van der Waals surface area contributed by atoms with E-state index < -0.39 is 0 Å². The molecular formula is C14H11BrN2O2S. The van der Waals surface area contributed by atoms with Gasteiger partial charge in [-0.05, 0) is 17.7 Å². The van der Waals surface area contributed by atoms with Crippen LogP contribution in [0.4, 0.5) is 0 Å². The van der Waals surface area contributed by atoms with Crippen molar-refractivity contribution >= 4 is 39.1 Å². The maximum atomic E-state index is 12.3. The Kier molecular flexibility index (Phi) is 3.67. The van der Waals surface area contributed by atoms with Gasteiger partial charge < -0.3 is 0 Å². The Bertz CT molecular complexity index is 657. The molecule has 3 rings (SSSR count). The highest BCUT2D eigenvalue weighted by Gasteiger charge is 2.38. The zero-order chi connectivity index (χ0) is 14.1. The summed E-state index contributed by atoms with van der Waals surface area (Å²) in [6, 6.07) is 7.62. The molecule has 6 heteroatoms. The molecule has 1 aromatic heterocycles. The van der Waals surface area contributed by atoms with E-state index in [1.54, 1.807) is 5.51 Å². The average Bonchev–Trinajstić information content (AvgIpc) is 2.91. The minimum absolute atomic E-state index is 0.197. The average molecular weight is 351 g/mol. The molecule has 102 valence electrons. The second-order valence-electron chi connectivity index (χ2n) is 4.67. The number of hydrogen-bond acceptors (Lipinski definition) is 4. The number of carbonyl (C=O) groups excluding carboxylic acids is 2. The predicted molar refractivity (Wildman–Crippen MR) is 79.5 cm³/mol. The molecule has 2 atom stereocenters. The van der Waals surface area contributed by atoms with Gasteiger partial charge in [0.1, 0.15) is 0 Å². The van der Waals surface area contributed by atoms with Crippen LogP contribution in [0.2, 0.25) is 0 Å². The lowest BCUT2D eigenvalue weighted by atomic mass is 9.79. The number of nitrogens with zero attached hydrogens (tertiary/aromatic N) is 1. The highest BCUT2D eigenvalue weighted by molar-refractivity contribution is 9.10. The molecule has 0 spiro atoms. The summed E-state index contributed by atoms with van der Waals surface area (Å²) < 4.78 is 0.914. The molecule has 1 saturated heterocycles. The molecule has 0 aliphatic carbocycles. The third-order valence-corrected chi connectivity index (χ3v) is 4.49. The Morgan fingerprint density at radius 3 is 2.90 bits per heavy atom. The molecule has 20 heavy (non-hydrogen) atoms. The highest BCUT2D eigenvalue weighted by atomic mass is 79.9. The lowest BCUT2D eigenvalue weighted by molar-refractivity contribution is -0.135. The SMILES string of the molecule is O=C1CC(c2cscn2)C(c2cccc(Br)c2)C(=O)N1. The Morgan fingerprint density at radius 1 is 1.35 bits per heavy atom. The van der Waals surface area contributed by atoms with E-state index in [-0.39, 0.29) is 30.1 Å². The summed E-state index contributed by atoms with van der Waals surface area (Å²) in [5.74, 6) is -1.07. The molecule has 2 aromatic rings. The first kappa shape index (κ1) is 13.5. The molecule has 1 N–H and O–H groups in total. The van der Waals surface area contributed by atoms with Crippen LogP contribution in [0.15, 0.2) is 39.6 Å². The Balaban J connectivity index is 2.04. The van der Waals surface area contributed by atoms with Crippen LogP contribution in [0.5, 0.6) is 0 Å². The van der Waals surface area contributed by atoms with Gasteiger partial charge in [-0.3, -0.25) is 14.9 Å².